The zero-order chi connectivity index (χ0) is 16.2. The summed E-state index contributed by atoms with van der Waals surface area (Å²) in [6.45, 7) is 0.825. The van der Waals surface area contributed by atoms with E-state index < -0.39 is 0 Å². The van der Waals surface area contributed by atoms with Crippen molar-refractivity contribution in [1.29, 1.82) is 0 Å². The van der Waals surface area contributed by atoms with Crippen LogP contribution in [0.15, 0.2) is 48.1 Å². The molecule has 0 unspecified atom stereocenters. The van der Waals surface area contributed by atoms with E-state index in [2.05, 4.69) is 30.5 Å². The molecule has 4 rings (SSSR count). The molecule has 0 aliphatic rings. The number of H-pyrrole nitrogens is 1. The summed E-state index contributed by atoms with van der Waals surface area (Å²) in [6.07, 6.45) is 1.55. The third-order valence-electron chi connectivity index (χ3n) is 3.35. The van der Waals surface area contributed by atoms with Gasteiger partial charge in [-0.25, -0.2) is 15.0 Å². The lowest BCUT2D eigenvalue weighted by Crippen LogP contribution is -2.03. The predicted molar refractivity (Wildman–Crippen MR) is 91.9 cm³/mol. The average molecular weight is 338 g/mol. The summed E-state index contributed by atoms with van der Waals surface area (Å²) in [6, 6.07) is 11.6. The number of nitrogens with zero attached hydrogens (tertiary/aromatic N) is 4. The fraction of sp³-hybridized carbons (Fsp3) is 0.125. The van der Waals surface area contributed by atoms with Gasteiger partial charge in [0.2, 0.25) is 0 Å². The SMILES string of the molecule is c1ccc(OCc2nc(CNc3ncnc4ccsc34)n[nH]2)cc1. The van der Waals surface area contributed by atoms with Gasteiger partial charge in [0.05, 0.1) is 16.8 Å². The summed E-state index contributed by atoms with van der Waals surface area (Å²) in [5.41, 5.74) is 0.935. The Morgan fingerprint density at radius 1 is 1.12 bits per heavy atom. The lowest BCUT2D eigenvalue weighted by Gasteiger charge is -2.03. The molecule has 0 saturated carbocycles. The number of benzene rings is 1. The molecule has 0 atom stereocenters. The number of aromatic nitrogens is 5. The zero-order valence-corrected chi connectivity index (χ0v) is 13.5. The average Bonchev–Trinajstić information content (AvgIpc) is 3.28. The number of para-hydroxylation sites is 1. The van der Waals surface area contributed by atoms with Crippen LogP contribution >= 0.6 is 11.3 Å². The van der Waals surface area contributed by atoms with Gasteiger partial charge in [-0.3, -0.25) is 5.10 Å². The van der Waals surface area contributed by atoms with Crippen molar-refractivity contribution in [3.05, 3.63) is 59.8 Å². The van der Waals surface area contributed by atoms with Crippen molar-refractivity contribution < 1.29 is 4.74 Å². The fourth-order valence-electron chi connectivity index (χ4n) is 2.22. The minimum atomic E-state index is 0.347. The zero-order valence-electron chi connectivity index (χ0n) is 12.6. The Bertz CT molecular complexity index is 936. The quantitative estimate of drug-likeness (QED) is 0.562. The summed E-state index contributed by atoms with van der Waals surface area (Å²) >= 11 is 1.60. The third kappa shape index (κ3) is 3.18. The molecule has 0 fully saturated rings. The van der Waals surface area contributed by atoms with Crippen molar-refractivity contribution in [1.82, 2.24) is 25.1 Å². The van der Waals surface area contributed by atoms with Crippen LogP contribution in [-0.2, 0) is 13.2 Å². The molecule has 8 heteroatoms. The van der Waals surface area contributed by atoms with Crippen LogP contribution in [0, 0.1) is 0 Å². The van der Waals surface area contributed by atoms with Gasteiger partial charge in [0, 0.05) is 0 Å². The lowest BCUT2D eigenvalue weighted by molar-refractivity contribution is 0.296. The Morgan fingerprint density at radius 3 is 2.96 bits per heavy atom. The number of rotatable bonds is 6. The summed E-state index contributed by atoms with van der Waals surface area (Å²) < 4.78 is 6.67. The maximum Gasteiger partial charge on any atom is 0.169 e. The van der Waals surface area contributed by atoms with Gasteiger partial charge in [-0.15, -0.1) is 11.3 Å². The largest absolute Gasteiger partial charge is 0.486 e. The van der Waals surface area contributed by atoms with Gasteiger partial charge in [-0.2, -0.15) is 5.10 Å². The third-order valence-corrected chi connectivity index (χ3v) is 4.26. The van der Waals surface area contributed by atoms with E-state index in [1.807, 2.05) is 41.8 Å². The van der Waals surface area contributed by atoms with Gasteiger partial charge < -0.3 is 10.1 Å². The Balaban J connectivity index is 1.38. The predicted octanol–water partition coefficient (Wildman–Crippen LogP) is 3.00. The van der Waals surface area contributed by atoms with Crippen molar-refractivity contribution in [2.45, 2.75) is 13.2 Å². The van der Waals surface area contributed by atoms with Crippen LogP contribution in [0.5, 0.6) is 5.75 Å². The second-order valence-corrected chi connectivity index (χ2v) is 5.93. The van der Waals surface area contributed by atoms with E-state index in [4.69, 9.17) is 4.74 Å². The van der Waals surface area contributed by atoms with Crippen molar-refractivity contribution >= 4 is 27.4 Å². The van der Waals surface area contributed by atoms with Gasteiger partial charge >= 0.3 is 0 Å². The first kappa shape index (κ1) is 14.6. The van der Waals surface area contributed by atoms with Crippen LogP contribution in [0.1, 0.15) is 11.6 Å². The molecule has 3 heterocycles. The van der Waals surface area contributed by atoms with Gasteiger partial charge in [-0.05, 0) is 23.6 Å². The second-order valence-electron chi connectivity index (χ2n) is 5.01. The number of anilines is 1. The first-order chi connectivity index (χ1) is 11.9. The summed E-state index contributed by atoms with van der Waals surface area (Å²) in [7, 11) is 0. The topological polar surface area (TPSA) is 88.6 Å². The smallest absolute Gasteiger partial charge is 0.169 e. The molecule has 0 aliphatic carbocycles. The van der Waals surface area contributed by atoms with Gasteiger partial charge in [0.25, 0.3) is 0 Å². The normalized spacial score (nSPS) is 10.8. The van der Waals surface area contributed by atoms with Crippen molar-refractivity contribution in [3.8, 4) is 5.75 Å². The first-order valence-electron chi connectivity index (χ1n) is 7.38. The molecule has 0 amide bonds. The number of ether oxygens (including phenoxy) is 1. The fourth-order valence-corrected chi connectivity index (χ4v) is 3.04. The van der Waals surface area contributed by atoms with Crippen molar-refractivity contribution in [2.24, 2.45) is 0 Å². The molecule has 0 radical (unpaired) electrons. The van der Waals surface area contributed by atoms with E-state index in [1.165, 1.54) is 0 Å². The summed E-state index contributed by atoms with van der Waals surface area (Å²) in [5.74, 6) is 2.93. The van der Waals surface area contributed by atoms with Crippen LogP contribution in [0.25, 0.3) is 10.2 Å². The van der Waals surface area contributed by atoms with E-state index in [0.29, 0.717) is 24.8 Å². The Hall–Kier alpha value is -3.00. The number of hydrogen-bond donors (Lipinski definition) is 2. The van der Waals surface area contributed by atoms with E-state index >= 15 is 0 Å². The van der Waals surface area contributed by atoms with E-state index in [-0.39, 0.29) is 0 Å². The highest BCUT2D eigenvalue weighted by Crippen LogP contribution is 2.24. The molecule has 24 heavy (non-hydrogen) atoms. The number of thiophene rings is 1. The monoisotopic (exact) mass is 338 g/mol. The molecule has 2 N–H and O–H groups in total. The molecule has 4 aromatic rings. The molecule has 1 aromatic carbocycles. The number of nitrogens with one attached hydrogen (secondary N) is 2. The highest BCUT2D eigenvalue weighted by Gasteiger charge is 2.07. The molecule has 3 aromatic heterocycles. The minimum absolute atomic E-state index is 0.347. The molecule has 0 aliphatic heterocycles. The lowest BCUT2D eigenvalue weighted by atomic mass is 10.3. The molecule has 0 saturated heterocycles. The van der Waals surface area contributed by atoms with E-state index in [1.54, 1.807) is 17.7 Å². The van der Waals surface area contributed by atoms with Crippen LogP contribution in [-0.4, -0.2) is 25.1 Å². The van der Waals surface area contributed by atoms with Gasteiger partial charge in [0.15, 0.2) is 11.6 Å². The Labute approximate surface area is 141 Å². The minimum Gasteiger partial charge on any atom is -0.486 e. The van der Waals surface area contributed by atoms with Crippen LogP contribution in [0.2, 0.25) is 0 Å². The number of aromatic amines is 1. The molecule has 7 nitrogen and oxygen atoms in total. The van der Waals surface area contributed by atoms with Crippen molar-refractivity contribution in [2.75, 3.05) is 5.32 Å². The first-order valence-corrected chi connectivity index (χ1v) is 8.26. The van der Waals surface area contributed by atoms with Crippen LogP contribution in [0.4, 0.5) is 5.82 Å². The highest BCUT2D eigenvalue weighted by molar-refractivity contribution is 7.17. The van der Waals surface area contributed by atoms with Gasteiger partial charge in [0.1, 0.15) is 24.5 Å². The maximum atomic E-state index is 5.64. The second kappa shape index (κ2) is 6.63. The number of fused-ring (bicyclic) bond motifs is 1. The highest BCUT2D eigenvalue weighted by atomic mass is 32.1. The molecular weight excluding hydrogens is 324 g/mol. The van der Waals surface area contributed by atoms with E-state index in [0.717, 1.165) is 21.8 Å². The van der Waals surface area contributed by atoms with Crippen molar-refractivity contribution in [3.63, 3.8) is 0 Å². The standard InChI is InChI=1S/C16H14N6OS/c1-2-4-11(5-3-1)23-9-14-20-13(21-22-14)8-17-16-15-12(6-7-24-15)18-10-19-16/h1-7,10H,8-9H2,(H,17,18,19)(H,20,21,22). The summed E-state index contributed by atoms with van der Waals surface area (Å²) in [4.78, 5) is 12.9. The van der Waals surface area contributed by atoms with Crippen LogP contribution < -0.4 is 10.1 Å². The molecule has 120 valence electrons. The summed E-state index contributed by atoms with van der Waals surface area (Å²) in [5, 5.41) is 12.3. The molecule has 0 spiro atoms. The van der Waals surface area contributed by atoms with Crippen LogP contribution in [0.3, 0.4) is 0 Å². The maximum absolute atomic E-state index is 5.64. The van der Waals surface area contributed by atoms with E-state index in [9.17, 15) is 0 Å². The van der Waals surface area contributed by atoms with Gasteiger partial charge in [-0.1, -0.05) is 18.2 Å². The Morgan fingerprint density at radius 2 is 2.04 bits per heavy atom. The Kier molecular flexibility index (Phi) is 4.03. The molecular formula is C16H14N6OS. The number of hydrogen-bond acceptors (Lipinski definition) is 7. The molecule has 0 bridgehead atoms.